The van der Waals surface area contributed by atoms with Crippen molar-refractivity contribution in [1.82, 2.24) is 0 Å². The Labute approximate surface area is 287 Å². The molecule has 0 spiro atoms. The molecule has 2 aliphatic rings. The first-order chi connectivity index (χ1) is 19.9. The molecule has 0 heterocycles. The van der Waals surface area contributed by atoms with E-state index in [-0.39, 0.29) is 10.8 Å². The molecule has 0 unspecified atom stereocenters. The van der Waals surface area contributed by atoms with Gasteiger partial charge in [-0.25, -0.2) is 0 Å². The molecule has 0 atom stereocenters. The van der Waals surface area contributed by atoms with Crippen LogP contribution in [0.2, 0.25) is 3.63 Å². The average Bonchev–Trinajstić information content (AvgIpc) is 3.58. The van der Waals surface area contributed by atoms with Crippen LogP contribution in [0.25, 0.3) is 11.1 Å². The molecule has 212 valence electrons. The standard InChI is InChI=1S/C21H25.C13H8I2.C5H5.Zr/c1-20(2,3)16-7-9-18-14(12-16)11-15-13-17(21(4,5)6)8-10-19(15)18;14-12-5-1-10(2-6-12)9-11-3-7-13(15)8-4-11;1-2-4-5-3-1;/h7-13H,1-6H3;1-8H;1-5H;. The van der Waals surface area contributed by atoms with Crippen molar-refractivity contribution in [2.45, 2.75) is 59.6 Å². The molecule has 0 fully saturated rings. The molecule has 0 radical (unpaired) electrons. The third-order valence-electron chi connectivity index (χ3n) is 8.72. The van der Waals surface area contributed by atoms with Gasteiger partial charge < -0.3 is 0 Å². The van der Waals surface area contributed by atoms with Gasteiger partial charge >= 0.3 is 290 Å². The van der Waals surface area contributed by atoms with E-state index in [4.69, 9.17) is 0 Å². The zero-order valence-corrected chi connectivity index (χ0v) is 32.1. The van der Waals surface area contributed by atoms with Crippen LogP contribution in [-0.2, 0) is 32.1 Å². The van der Waals surface area contributed by atoms with Crippen LogP contribution in [0.3, 0.4) is 0 Å². The number of hydrogen-bond donors (Lipinski definition) is 0. The molecule has 2 aliphatic carbocycles. The fourth-order valence-corrected chi connectivity index (χ4v) is 16.4. The minimum absolute atomic E-state index is 0.0976. The molecule has 0 bridgehead atoms. The zero-order chi connectivity index (χ0) is 29.8. The van der Waals surface area contributed by atoms with E-state index in [0.29, 0.717) is 7.25 Å². The van der Waals surface area contributed by atoms with E-state index in [1.807, 2.05) is 0 Å². The average molecular weight is 852 g/mol. The van der Waals surface area contributed by atoms with Gasteiger partial charge in [-0.15, -0.1) is 0 Å². The van der Waals surface area contributed by atoms with Gasteiger partial charge in [-0.05, 0) is 0 Å². The van der Waals surface area contributed by atoms with Crippen LogP contribution in [0, 0.1) is 7.14 Å². The Kier molecular flexibility index (Phi) is 8.61. The van der Waals surface area contributed by atoms with Gasteiger partial charge in [-0.3, -0.25) is 0 Å². The van der Waals surface area contributed by atoms with Crippen molar-refractivity contribution in [2.24, 2.45) is 0 Å². The zero-order valence-electron chi connectivity index (χ0n) is 25.3. The van der Waals surface area contributed by atoms with Crippen molar-refractivity contribution >= 4 is 48.4 Å². The molecule has 0 amide bonds. The van der Waals surface area contributed by atoms with E-state index in [1.54, 1.807) is 14.3 Å². The molecular formula is C39H38I2Zr. The first kappa shape index (κ1) is 30.6. The van der Waals surface area contributed by atoms with Gasteiger partial charge in [0.1, 0.15) is 0 Å². The number of rotatable bonds is 4. The summed E-state index contributed by atoms with van der Waals surface area (Å²) in [6.45, 7) is 14.1. The minimum atomic E-state index is -2.68. The Morgan fingerprint density at radius 3 is 1.36 bits per heavy atom. The molecule has 4 aromatic rings. The number of hydrogen-bond acceptors (Lipinski definition) is 0. The molecular weight excluding hydrogens is 813 g/mol. The van der Waals surface area contributed by atoms with Crippen LogP contribution in [0.5, 0.6) is 0 Å². The van der Waals surface area contributed by atoms with Gasteiger partial charge in [0, 0.05) is 0 Å². The third-order valence-corrected chi connectivity index (χ3v) is 18.8. The maximum absolute atomic E-state index is 2.68. The Hall–Kier alpha value is -1.43. The topological polar surface area (TPSA) is 0 Å². The molecule has 4 aromatic carbocycles. The molecule has 6 rings (SSSR count). The van der Waals surface area contributed by atoms with Gasteiger partial charge in [0.2, 0.25) is 0 Å². The summed E-state index contributed by atoms with van der Waals surface area (Å²) in [5, 5.41) is 0. The van der Waals surface area contributed by atoms with Crippen molar-refractivity contribution in [1.29, 1.82) is 0 Å². The molecule has 42 heavy (non-hydrogen) atoms. The Morgan fingerprint density at radius 1 is 0.571 bits per heavy atom. The van der Waals surface area contributed by atoms with Crippen LogP contribution < -0.4 is 0 Å². The summed E-state index contributed by atoms with van der Waals surface area (Å²) in [5.74, 6) is 0. The van der Waals surface area contributed by atoms with E-state index in [9.17, 15) is 0 Å². The third kappa shape index (κ3) is 5.96. The van der Waals surface area contributed by atoms with E-state index in [0.717, 1.165) is 0 Å². The molecule has 0 saturated carbocycles. The Balaban J connectivity index is 1.74. The molecule has 0 saturated heterocycles. The van der Waals surface area contributed by atoms with E-state index < -0.39 is 21.3 Å². The predicted molar refractivity (Wildman–Crippen MR) is 195 cm³/mol. The predicted octanol–water partition coefficient (Wildman–Crippen LogP) is 11.4. The van der Waals surface area contributed by atoms with Crippen molar-refractivity contribution in [3.63, 3.8) is 0 Å². The summed E-state index contributed by atoms with van der Waals surface area (Å²) in [7, 11) is 0. The number of benzene rings is 4. The Morgan fingerprint density at radius 2 is 0.976 bits per heavy atom. The van der Waals surface area contributed by atoms with E-state index in [1.165, 1.54) is 40.5 Å². The summed E-state index contributed by atoms with van der Waals surface area (Å²) < 4.78 is 5.10. The number of fused-ring (bicyclic) bond motifs is 3. The summed E-state index contributed by atoms with van der Waals surface area (Å²) in [6.07, 6.45) is 9.59. The SMILES string of the molecule is CC(C)(C)c1ccc2c(c1)[CH]([Zr](=[C](c1ccc(I)cc1)c1ccc(I)cc1)[CH]1C=CC=C1)c1cc(C(C)(C)C)ccc1-2. The quantitative estimate of drug-likeness (QED) is 0.180. The molecule has 3 heteroatoms. The fourth-order valence-electron chi connectivity index (χ4n) is 6.41. The van der Waals surface area contributed by atoms with Crippen LogP contribution in [0.1, 0.15) is 78.5 Å². The number of allylic oxidation sites excluding steroid dienone is 4. The first-order valence-electron chi connectivity index (χ1n) is 14.8. The monoisotopic (exact) mass is 850 g/mol. The van der Waals surface area contributed by atoms with Gasteiger partial charge in [0.05, 0.1) is 0 Å². The van der Waals surface area contributed by atoms with Crippen molar-refractivity contribution in [2.75, 3.05) is 0 Å². The second kappa shape index (κ2) is 11.8. The fraction of sp³-hybridized carbons (Fsp3) is 0.256. The van der Waals surface area contributed by atoms with Crippen LogP contribution in [0.4, 0.5) is 0 Å². The van der Waals surface area contributed by atoms with Crippen molar-refractivity contribution in [3.8, 4) is 11.1 Å². The normalized spacial score (nSPS) is 14.8. The van der Waals surface area contributed by atoms with Crippen LogP contribution in [-0.4, -0.2) is 3.21 Å². The van der Waals surface area contributed by atoms with Gasteiger partial charge in [0.15, 0.2) is 0 Å². The van der Waals surface area contributed by atoms with Crippen LogP contribution in [0.15, 0.2) is 109 Å². The van der Waals surface area contributed by atoms with Gasteiger partial charge in [-0.2, -0.15) is 0 Å². The van der Waals surface area contributed by atoms with Gasteiger partial charge in [-0.1, -0.05) is 0 Å². The summed E-state index contributed by atoms with van der Waals surface area (Å²) in [4.78, 5) is 0. The molecule has 0 nitrogen and oxygen atoms in total. The summed E-state index contributed by atoms with van der Waals surface area (Å²) in [6, 6.07) is 33.5. The van der Waals surface area contributed by atoms with E-state index in [2.05, 4.69) is 196 Å². The molecule has 0 aromatic heterocycles. The maximum atomic E-state index is 2.58. The second-order valence-corrected chi connectivity index (χ2v) is 22.7. The van der Waals surface area contributed by atoms with E-state index >= 15 is 0 Å². The number of halogens is 2. The first-order valence-corrected chi connectivity index (χ1v) is 21.0. The van der Waals surface area contributed by atoms with Crippen molar-refractivity contribution < 1.29 is 21.3 Å². The summed E-state index contributed by atoms with van der Waals surface area (Å²) >= 11 is 2.20. The second-order valence-electron chi connectivity index (χ2n) is 13.7. The Bertz CT molecular complexity index is 1620. The summed E-state index contributed by atoms with van der Waals surface area (Å²) in [5.41, 5.74) is 11.8. The van der Waals surface area contributed by atoms with Gasteiger partial charge in [0.25, 0.3) is 0 Å². The van der Waals surface area contributed by atoms with Crippen LogP contribution >= 0.6 is 45.2 Å². The molecule has 0 N–H and O–H groups in total. The van der Waals surface area contributed by atoms with Crippen molar-refractivity contribution in [3.05, 3.63) is 150 Å². The molecule has 0 aliphatic heterocycles.